The minimum atomic E-state index is -0.763. The van der Waals surface area contributed by atoms with Crippen LogP contribution in [0.3, 0.4) is 0 Å². The standard InChI is InChI=1S/C41H80O5/c1-5-37(3)31-27-23-19-15-11-9-7-8-10-12-18-22-26-30-34-41(44)46-39(35-42)36-45-40(43)33-29-25-21-17-14-13-16-20-24-28-32-38(4)6-2/h37-39,42H,5-36H2,1-4H3/t37?,38?,39-/m0/s1. The van der Waals surface area contributed by atoms with Gasteiger partial charge in [-0.1, -0.05) is 195 Å². The average molecular weight is 653 g/mol. The molecule has 274 valence electrons. The van der Waals surface area contributed by atoms with E-state index in [4.69, 9.17) is 9.47 Å². The van der Waals surface area contributed by atoms with Crippen molar-refractivity contribution in [1.82, 2.24) is 0 Å². The first-order valence-electron chi connectivity index (χ1n) is 20.4. The van der Waals surface area contributed by atoms with Crippen LogP contribution >= 0.6 is 0 Å². The Bertz CT molecular complexity index is 651. The number of esters is 2. The Kier molecular flexibility index (Phi) is 34.4. The van der Waals surface area contributed by atoms with Crippen LogP contribution in [0.5, 0.6) is 0 Å². The SMILES string of the molecule is CCC(C)CCCCCCCCCCCCCCCCC(=O)O[C@@H](CO)COC(=O)CCCCCCCCCCCCC(C)CC. The lowest BCUT2D eigenvalue weighted by Gasteiger charge is -2.15. The van der Waals surface area contributed by atoms with Gasteiger partial charge in [0.1, 0.15) is 6.61 Å². The van der Waals surface area contributed by atoms with Crippen molar-refractivity contribution < 1.29 is 24.2 Å². The molecule has 46 heavy (non-hydrogen) atoms. The van der Waals surface area contributed by atoms with Crippen molar-refractivity contribution in [1.29, 1.82) is 0 Å². The van der Waals surface area contributed by atoms with Crippen LogP contribution < -0.4 is 0 Å². The first-order chi connectivity index (χ1) is 22.4. The second-order valence-corrected chi connectivity index (χ2v) is 14.6. The fourth-order valence-electron chi connectivity index (χ4n) is 6.09. The molecule has 0 aliphatic rings. The number of rotatable bonds is 36. The number of unbranched alkanes of at least 4 members (excludes halogenated alkanes) is 22. The minimum Gasteiger partial charge on any atom is -0.462 e. The Balaban J connectivity index is 3.51. The minimum absolute atomic E-state index is 0.0587. The molecule has 5 heteroatoms. The summed E-state index contributed by atoms with van der Waals surface area (Å²) in [7, 11) is 0. The Hall–Kier alpha value is -1.10. The van der Waals surface area contributed by atoms with Crippen LogP contribution in [-0.4, -0.2) is 36.4 Å². The number of aliphatic hydroxyl groups excluding tert-OH is 1. The normalized spacial score (nSPS) is 13.4. The molecule has 0 aromatic heterocycles. The molecule has 0 aromatic carbocycles. The molecule has 0 amide bonds. The second kappa shape index (κ2) is 35.2. The van der Waals surface area contributed by atoms with Crippen molar-refractivity contribution in [3.63, 3.8) is 0 Å². The van der Waals surface area contributed by atoms with Crippen molar-refractivity contribution in [2.24, 2.45) is 11.8 Å². The summed E-state index contributed by atoms with van der Waals surface area (Å²) in [5.74, 6) is 1.20. The topological polar surface area (TPSA) is 72.8 Å². The fourth-order valence-corrected chi connectivity index (χ4v) is 6.09. The third-order valence-corrected chi connectivity index (χ3v) is 9.98. The smallest absolute Gasteiger partial charge is 0.306 e. The van der Waals surface area contributed by atoms with Gasteiger partial charge >= 0.3 is 11.9 Å². The van der Waals surface area contributed by atoms with Gasteiger partial charge in [0.05, 0.1) is 6.61 Å². The molecule has 0 bridgehead atoms. The molecule has 0 aliphatic carbocycles. The van der Waals surface area contributed by atoms with Crippen molar-refractivity contribution >= 4 is 11.9 Å². The zero-order valence-corrected chi connectivity index (χ0v) is 31.4. The third kappa shape index (κ3) is 32.8. The van der Waals surface area contributed by atoms with E-state index in [1.807, 2.05) is 0 Å². The summed E-state index contributed by atoms with van der Waals surface area (Å²) < 4.78 is 10.6. The Morgan fingerprint density at radius 2 is 0.783 bits per heavy atom. The van der Waals surface area contributed by atoms with Crippen molar-refractivity contribution in [3.8, 4) is 0 Å². The lowest BCUT2D eigenvalue weighted by molar-refractivity contribution is -0.161. The molecule has 0 aromatic rings. The van der Waals surface area contributed by atoms with Crippen LogP contribution in [0.25, 0.3) is 0 Å². The van der Waals surface area contributed by atoms with Crippen LogP contribution in [0.15, 0.2) is 0 Å². The molecule has 0 rings (SSSR count). The van der Waals surface area contributed by atoms with E-state index in [9.17, 15) is 14.7 Å². The average Bonchev–Trinajstić information content (AvgIpc) is 3.06. The van der Waals surface area contributed by atoms with Gasteiger partial charge in [-0.3, -0.25) is 9.59 Å². The van der Waals surface area contributed by atoms with Crippen LogP contribution in [0.2, 0.25) is 0 Å². The monoisotopic (exact) mass is 653 g/mol. The highest BCUT2D eigenvalue weighted by atomic mass is 16.6. The highest BCUT2D eigenvalue weighted by molar-refractivity contribution is 5.70. The maximum Gasteiger partial charge on any atom is 0.306 e. The predicted molar refractivity (Wildman–Crippen MR) is 196 cm³/mol. The van der Waals surface area contributed by atoms with E-state index < -0.39 is 6.10 Å². The highest BCUT2D eigenvalue weighted by Crippen LogP contribution is 2.17. The molecule has 0 heterocycles. The number of carbonyl (C=O) groups is 2. The largest absolute Gasteiger partial charge is 0.462 e. The van der Waals surface area contributed by atoms with Gasteiger partial charge in [-0.2, -0.15) is 0 Å². The van der Waals surface area contributed by atoms with E-state index in [-0.39, 0.29) is 25.2 Å². The zero-order chi connectivity index (χ0) is 33.9. The van der Waals surface area contributed by atoms with Gasteiger partial charge < -0.3 is 14.6 Å². The van der Waals surface area contributed by atoms with Crippen LogP contribution in [-0.2, 0) is 19.1 Å². The Labute approximate surface area is 287 Å². The summed E-state index contributed by atoms with van der Waals surface area (Å²) in [6.07, 6.45) is 35.8. The molecule has 2 unspecified atom stereocenters. The summed E-state index contributed by atoms with van der Waals surface area (Å²) in [6, 6.07) is 0. The molecule has 1 N–H and O–H groups in total. The van der Waals surface area contributed by atoms with E-state index in [2.05, 4.69) is 27.7 Å². The van der Waals surface area contributed by atoms with Crippen molar-refractivity contribution in [3.05, 3.63) is 0 Å². The maximum absolute atomic E-state index is 12.2. The Morgan fingerprint density at radius 1 is 0.478 bits per heavy atom. The van der Waals surface area contributed by atoms with E-state index >= 15 is 0 Å². The summed E-state index contributed by atoms with van der Waals surface area (Å²) in [6.45, 7) is 8.92. The molecule has 0 saturated carbocycles. The zero-order valence-electron chi connectivity index (χ0n) is 31.4. The third-order valence-electron chi connectivity index (χ3n) is 9.98. The predicted octanol–water partition coefficient (Wildman–Crippen LogP) is 12.4. The van der Waals surface area contributed by atoms with Gasteiger partial charge in [-0.15, -0.1) is 0 Å². The van der Waals surface area contributed by atoms with E-state index in [0.717, 1.165) is 50.4 Å². The fraction of sp³-hybridized carbons (Fsp3) is 0.951. The number of hydrogen-bond acceptors (Lipinski definition) is 5. The number of ether oxygens (including phenoxy) is 2. The van der Waals surface area contributed by atoms with Crippen LogP contribution in [0, 0.1) is 11.8 Å². The van der Waals surface area contributed by atoms with Gasteiger partial charge in [-0.05, 0) is 24.7 Å². The number of aliphatic hydroxyl groups is 1. The first-order valence-corrected chi connectivity index (χ1v) is 20.4. The first kappa shape index (κ1) is 44.9. The lowest BCUT2D eigenvalue weighted by Crippen LogP contribution is -2.28. The van der Waals surface area contributed by atoms with Crippen LogP contribution in [0.1, 0.15) is 220 Å². The number of hydrogen-bond donors (Lipinski definition) is 1. The molecule has 0 fully saturated rings. The van der Waals surface area contributed by atoms with Crippen molar-refractivity contribution in [2.75, 3.05) is 13.2 Å². The van der Waals surface area contributed by atoms with E-state index in [0.29, 0.717) is 12.8 Å². The van der Waals surface area contributed by atoms with E-state index in [1.54, 1.807) is 0 Å². The summed E-state index contributed by atoms with van der Waals surface area (Å²) in [5.41, 5.74) is 0. The van der Waals surface area contributed by atoms with Crippen molar-refractivity contribution in [2.45, 2.75) is 226 Å². The second-order valence-electron chi connectivity index (χ2n) is 14.6. The molecular formula is C41H80O5. The summed E-state index contributed by atoms with van der Waals surface area (Å²) >= 11 is 0. The van der Waals surface area contributed by atoms with Gasteiger partial charge in [0.15, 0.2) is 6.10 Å². The van der Waals surface area contributed by atoms with Gasteiger partial charge in [0, 0.05) is 12.8 Å². The maximum atomic E-state index is 12.2. The molecule has 5 nitrogen and oxygen atoms in total. The summed E-state index contributed by atoms with van der Waals surface area (Å²) in [5, 5.41) is 9.56. The summed E-state index contributed by atoms with van der Waals surface area (Å²) in [4.78, 5) is 24.3. The molecular weight excluding hydrogens is 572 g/mol. The molecule has 3 atom stereocenters. The van der Waals surface area contributed by atoms with Gasteiger partial charge in [-0.25, -0.2) is 0 Å². The van der Waals surface area contributed by atoms with Gasteiger partial charge in [0.2, 0.25) is 0 Å². The lowest BCUT2D eigenvalue weighted by atomic mass is 9.99. The molecule has 0 radical (unpaired) electrons. The van der Waals surface area contributed by atoms with Gasteiger partial charge in [0.25, 0.3) is 0 Å². The number of carbonyl (C=O) groups excluding carboxylic acids is 2. The quantitative estimate of drug-likeness (QED) is 0.0538. The molecule has 0 aliphatic heterocycles. The van der Waals surface area contributed by atoms with Crippen LogP contribution in [0.4, 0.5) is 0 Å². The van der Waals surface area contributed by atoms with E-state index in [1.165, 1.54) is 141 Å². The highest BCUT2D eigenvalue weighted by Gasteiger charge is 2.16. The Morgan fingerprint density at radius 3 is 1.11 bits per heavy atom. The molecule has 0 saturated heterocycles. The molecule has 0 spiro atoms.